The van der Waals surface area contributed by atoms with E-state index in [0.717, 1.165) is 19.3 Å². The van der Waals surface area contributed by atoms with E-state index in [2.05, 4.69) is 0 Å². The maximum Gasteiger partial charge on any atom is 0.320 e. The van der Waals surface area contributed by atoms with E-state index in [0.29, 0.717) is 26.1 Å². The molecule has 0 saturated carbocycles. The predicted octanol–water partition coefficient (Wildman–Crippen LogP) is 0.633. The molecule has 7 heteroatoms. The number of likely N-dealkylation sites (tertiary alicyclic amines) is 2. The molecule has 0 spiro atoms. The molecule has 3 N–H and O–H groups in total. The average molecular weight is 297 g/mol. The Kier molecular flexibility index (Phi) is 4.39. The number of hydrogen-bond donors (Lipinski definition) is 2. The lowest BCUT2D eigenvalue weighted by Crippen LogP contribution is -2.51. The van der Waals surface area contributed by atoms with Gasteiger partial charge in [0.15, 0.2) is 0 Å². The molecule has 2 heterocycles. The van der Waals surface area contributed by atoms with Crippen molar-refractivity contribution < 1.29 is 19.5 Å². The molecule has 2 unspecified atom stereocenters. The Morgan fingerprint density at radius 1 is 1.29 bits per heavy atom. The fourth-order valence-corrected chi connectivity index (χ4v) is 3.17. The van der Waals surface area contributed by atoms with Gasteiger partial charge < -0.3 is 20.6 Å². The number of urea groups is 1. The Balaban J connectivity index is 2.04. The summed E-state index contributed by atoms with van der Waals surface area (Å²) in [7, 11) is 0. The summed E-state index contributed by atoms with van der Waals surface area (Å²) >= 11 is 0. The molecule has 0 aromatic carbocycles. The predicted molar refractivity (Wildman–Crippen MR) is 75.5 cm³/mol. The van der Waals surface area contributed by atoms with E-state index < -0.39 is 17.3 Å². The molecule has 2 saturated heterocycles. The normalized spacial score (nSPS) is 29.5. The van der Waals surface area contributed by atoms with Crippen LogP contribution in [0.15, 0.2) is 0 Å². The molecule has 3 amide bonds. The van der Waals surface area contributed by atoms with Crippen molar-refractivity contribution in [3.63, 3.8) is 0 Å². The third-order valence-electron chi connectivity index (χ3n) is 4.62. The molecule has 7 nitrogen and oxygen atoms in total. The van der Waals surface area contributed by atoms with Crippen LogP contribution in [0.25, 0.3) is 0 Å². The van der Waals surface area contributed by atoms with Crippen molar-refractivity contribution in [3.05, 3.63) is 0 Å². The van der Waals surface area contributed by atoms with Gasteiger partial charge in [0.05, 0.1) is 11.8 Å². The van der Waals surface area contributed by atoms with Crippen molar-refractivity contribution >= 4 is 17.9 Å². The maximum atomic E-state index is 12.6. The van der Waals surface area contributed by atoms with Gasteiger partial charge in [0.2, 0.25) is 5.91 Å². The Hall–Kier alpha value is -1.79. The molecule has 0 aromatic rings. The summed E-state index contributed by atoms with van der Waals surface area (Å²) in [5.74, 6) is -1.28. The minimum absolute atomic E-state index is 0.0212. The van der Waals surface area contributed by atoms with Gasteiger partial charge in [-0.15, -0.1) is 0 Å². The second-order valence-electron chi connectivity index (χ2n) is 6.32. The molecule has 0 radical (unpaired) electrons. The van der Waals surface area contributed by atoms with E-state index in [4.69, 9.17) is 10.8 Å². The molecule has 0 bridgehead atoms. The lowest BCUT2D eigenvalue weighted by atomic mass is 9.89. The molecule has 21 heavy (non-hydrogen) atoms. The number of hydrogen-bond acceptors (Lipinski definition) is 3. The smallest absolute Gasteiger partial charge is 0.320 e. The van der Waals surface area contributed by atoms with E-state index in [-0.39, 0.29) is 18.5 Å². The van der Waals surface area contributed by atoms with Gasteiger partial charge in [0.25, 0.3) is 0 Å². The van der Waals surface area contributed by atoms with Crippen LogP contribution in [-0.2, 0) is 9.59 Å². The number of nitrogens with two attached hydrogens (primary N) is 1. The number of amides is 3. The van der Waals surface area contributed by atoms with Crippen molar-refractivity contribution in [1.29, 1.82) is 0 Å². The summed E-state index contributed by atoms with van der Waals surface area (Å²) < 4.78 is 0. The number of primary amides is 1. The standard InChI is InChI=1S/C14H23N3O4/c1-14(12(15)20)5-7-16(9-14)13(21)17-6-3-2-4-10(17)8-11(18)19/h10H,2-9H2,1H3,(H2,15,20)(H,18,19). The molecule has 2 rings (SSSR count). The van der Waals surface area contributed by atoms with Crippen LogP contribution < -0.4 is 5.73 Å². The lowest BCUT2D eigenvalue weighted by molar-refractivity contribution is -0.138. The van der Waals surface area contributed by atoms with Gasteiger partial charge in [0, 0.05) is 25.7 Å². The molecule has 118 valence electrons. The molecule has 2 fully saturated rings. The Morgan fingerprint density at radius 3 is 2.57 bits per heavy atom. The SMILES string of the molecule is CC1(C(N)=O)CCN(C(=O)N2CCCCC2CC(=O)O)C1. The highest BCUT2D eigenvalue weighted by Crippen LogP contribution is 2.31. The number of carboxylic acids is 1. The van der Waals surface area contributed by atoms with Gasteiger partial charge in [-0.2, -0.15) is 0 Å². The van der Waals surface area contributed by atoms with Gasteiger partial charge in [0.1, 0.15) is 0 Å². The van der Waals surface area contributed by atoms with Gasteiger partial charge >= 0.3 is 12.0 Å². The van der Waals surface area contributed by atoms with E-state index in [1.165, 1.54) is 0 Å². The Morgan fingerprint density at radius 2 is 2.00 bits per heavy atom. The van der Waals surface area contributed by atoms with Crippen LogP contribution in [0.1, 0.15) is 39.0 Å². The van der Waals surface area contributed by atoms with E-state index in [1.54, 1.807) is 16.7 Å². The third-order valence-corrected chi connectivity index (χ3v) is 4.62. The molecular weight excluding hydrogens is 274 g/mol. The fourth-order valence-electron chi connectivity index (χ4n) is 3.17. The third kappa shape index (κ3) is 3.28. The average Bonchev–Trinajstić information content (AvgIpc) is 2.82. The molecule has 0 aromatic heterocycles. The Bertz CT molecular complexity index is 454. The van der Waals surface area contributed by atoms with Gasteiger partial charge in [-0.25, -0.2) is 4.79 Å². The number of carbonyl (C=O) groups excluding carboxylic acids is 2. The number of aliphatic carboxylic acids is 1. The van der Waals surface area contributed by atoms with Crippen molar-refractivity contribution in [1.82, 2.24) is 9.80 Å². The first-order valence-electron chi connectivity index (χ1n) is 7.41. The summed E-state index contributed by atoms with van der Waals surface area (Å²) in [5, 5.41) is 8.97. The first kappa shape index (κ1) is 15.6. The summed E-state index contributed by atoms with van der Waals surface area (Å²) in [5.41, 5.74) is 4.72. The molecule has 2 aliphatic heterocycles. The maximum absolute atomic E-state index is 12.6. The second kappa shape index (κ2) is 5.91. The topological polar surface area (TPSA) is 104 Å². The summed E-state index contributed by atoms with van der Waals surface area (Å²) in [6, 6.07) is -0.407. The van der Waals surface area contributed by atoms with Gasteiger partial charge in [-0.1, -0.05) is 0 Å². The second-order valence-corrected chi connectivity index (χ2v) is 6.32. The summed E-state index contributed by atoms with van der Waals surface area (Å²) in [6.07, 6.45) is 3.10. The van der Waals surface area contributed by atoms with E-state index in [1.807, 2.05) is 0 Å². The van der Waals surface area contributed by atoms with Gasteiger partial charge in [-0.3, -0.25) is 9.59 Å². The van der Waals surface area contributed by atoms with Crippen LogP contribution >= 0.6 is 0 Å². The van der Waals surface area contributed by atoms with Crippen molar-refractivity contribution in [2.75, 3.05) is 19.6 Å². The van der Waals surface area contributed by atoms with Crippen molar-refractivity contribution in [2.45, 2.75) is 45.1 Å². The van der Waals surface area contributed by atoms with E-state index >= 15 is 0 Å². The minimum Gasteiger partial charge on any atom is -0.481 e. The monoisotopic (exact) mass is 297 g/mol. The summed E-state index contributed by atoms with van der Waals surface area (Å²) in [4.78, 5) is 38.3. The van der Waals surface area contributed by atoms with Crippen LogP contribution in [0.2, 0.25) is 0 Å². The van der Waals surface area contributed by atoms with Crippen LogP contribution in [0.5, 0.6) is 0 Å². The van der Waals surface area contributed by atoms with Crippen LogP contribution in [0.3, 0.4) is 0 Å². The highest BCUT2D eigenvalue weighted by molar-refractivity contribution is 5.83. The number of rotatable bonds is 3. The summed E-state index contributed by atoms with van der Waals surface area (Å²) in [6.45, 7) is 3.17. The highest BCUT2D eigenvalue weighted by atomic mass is 16.4. The number of nitrogens with zero attached hydrogens (tertiary/aromatic N) is 2. The molecule has 0 aliphatic carbocycles. The number of carboxylic acid groups (broad SMARTS) is 1. The van der Waals surface area contributed by atoms with Crippen LogP contribution in [0, 0.1) is 5.41 Å². The number of piperidine rings is 1. The zero-order valence-corrected chi connectivity index (χ0v) is 12.4. The highest BCUT2D eigenvalue weighted by Gasteiger charge is 2.42. The Labute approximate surface area is 124 Å². The molecule has 2 aliphatic rings. The lowest BCUT2D eigenvalue weighted by Gasteiger charge is -2.37. The van der Waals surface area contributed by atoms with Crippen LogP contribution in [-0.4, -0.2) is 58.5 Å². The number of carbonyl (C=O) groups is 3. The first-order valence-corrected chi connectivity index (χ1v) is 7.41. The molecular formula is C14H23N3O4. The minimum atomic E-state index is -0.886. The van der Waals surface area contributed by atoms with Crippen molar-refractivity contribution in [2.24, 2.45) is 11.1 Å². The van der Waals surface area contributed by atoms with Crippen LogP contribution in [0.4, 0.5) is 4.79 Å². The first-order chi connectivity index (χ1) is 9.83. The van der Waals surface area contributed by atoms with Crippen molar-refractivity contribution in [3.8, 4) is 0 Å². The fraction of sp³-hybridized carbons (Fsp3) is 0.786. The van der Waals surface area contributed by atoms with E-state index in [9.17, 15) is 14.4 Å². The molecule has 2 atom stereocenters. The quantitative estimate of drug-likeness (QED) is 0.797. The largest absolute Gasteiger partial charge is 0.481 e. The zero-order chi connectivity index (χ0) is 15.6. The zero-order valence-electron chi connectivity index (χ0n) is 12.4. The van der Waals surface area contributed by atoms with Gasteiger partial charge in [-0.05, 0) is 32.6 Å².